The summed E-state index contributed by atoms with van der Waals surface area (Å²) in [4.78, 5) is 2.62. The predicted molar refractivity (Wildman–Crippen MR) is 91.7 cm³/mol. The molecule has 2 rings (SSSR count). The molecule has 1 saturated carbocycles. The van der Waals surface area contributed by atoms with Gasteiger partial charge in [0, 0.05) is 19.1 Å². The first-order chi connectivity index (χ1) is 10.3. The molecule has 1 atom stereocenters. The zero-order valence-corrected chi connectivity index (χ0v) is 14.1. The maximum absolute atomic E-state index is 3.67. The van der Waals surface area contributed by atoms with E-state index in [0.29, 0.717) is 6.04 Å². The third-order valence-electron chi connectivity index (χ3n) is 4.47. The molecule has 21 heavy (non-hydrogen) atoms. The number of nitrogens with one attached hydrogen (secondary N) is 1. The molecule has 2 heteroatoms. The molecule has 0 amide bonds. The Morgan fingerprint density at radius 1 is 1.14 bits per heavy atom. The second kappa shape index (κ2) is 8.55. The summed E-state index contributed by atoms with van der Waals surface area (Å²) in [5, 5.41) is 3.67. The minimum Gasteiger partial charge on any atom is -0.309 e. The predicted octanol–water partition coefficient (Wildman–Crippen LogP) is 4.02. The first-order valence-corrected chi connectivity index (χ1v) is 8.81. The van der Waals surface area contributed by atoms with Crippen LogP contribution in [0.15, 0.2) is 24.3 Å². The summed E-state index contributed by atoms with van der Waals surface area (Å²) in [6.45, 7) is 11.3. The molecule has 1 aromatic rings. The molecule has 0 radical (unpaired) electrons. The lowest BCUT2D eigenvalue weighted by Gasteiger charge is -2.27. The van der Waals surface area contributed by atoms with Gasteiger partial charge in [-0.3, -0.25) is 0 Å². The third-order valence-corrected chi connectivity index (χ3v) is 4.47. The van der Waals surface area contributed by atoms with Gasteiger partial charge in [0.15, 0.2) is 0 Å². The van der Waals surface area contributed by atoms with Crippen LogP contribution in [-0.2, 0) is 6.42 Å². The van der Waals surface area contributed by atoms with Crippen molar-refractivity contribution in [3.05, 3.63) is 35.4 Å². The quantitative estimate of drug-likeness (QED) is 0.699. The highest BCUT2D eigenvalue weighted by Crippen LogP contribution is 2.30. The molecule has 1 N–H and O–H groups in total. The second-order valence-electron chi connectivity index (χ2n) is 6.40. The van der Waals surface area contributed by atoms with Crippen LogP contribution in [0.4, 0.5) is 0 Å². The minimum absolute atomic E-state index is 0.462. The molecular formula is C19H32N2. The molecule has 1 aliphatic carbocycles. The molecule has 1 aromatic carbocycles. The van der Waals surface area contributed by atoms with Crippen molar-refractivity contribution < 1.29 is 0 Å². The lowest BCUT2D eigenvalue weighted by Crippen LogP contribution is -2.36. The van der Waals surface area contributed by atoms with Gasteiger partial charge in [0.05, 0.1) is 0 Å². The lowest BCUT2D eigenvalue weighted by atomic mass is 10.0. The van der Waals surface area contributed by atoms with E-state index in [1.54, 1.807) is 0 Å². The Morgan fingerprint density at radius 2 is 1.86 bits per heavy atom. The Kier molecular flexibility index (Phi) is 6.72. The normalized spacial score (nSPS) is 16.4. The summed E-state index contributed by atoms with van der Waals surface area (Å²) in [7, 11) is 0. The Hall–Kier alpha value is -0.860. The standard InChI is InChI=1S/C19H32N2/c1-4-7-16-10-12-18(13-11-16)19(20-5-2)15-21(6-3)14-17-8-9-17/h10-13,17,19-20H,4-9,14-15H2,1-3H3. The molecule has 1 fully saturated rings. The zero-order chi connectivity index (χ0) is 15.1. The summed E-state index contributed by atoms with van der Waals surface area (Å²) in [5.41, 5.74) is 2.90. The van der Waals surface area contributed by atoms with E-state index in [4.69, 9.17) is 0 Å². The van der Waals surface area contributed by atoms with E-state index >= 15 is 0 Å². The molecule has 0 saturated heterocycles. The summed E-state index contributed by atoms with van der Waals surface area (Å²) in [5.74, 6) is 0.971. The molecule has 0 bridgehead atoms. The van der Waals surface area contributed by atoms with Crippen molar-refractivity contribution in [3.63, 3.8) is 0 Å². The largest absolute Gasteiger partial charge is 0.309 e. The average molecular weight is 288 g/mol. The first kappa shape index (κ1) is 16.5. The highest BCUT2D eigenvalue weighted by atomic mass is 15.1. The van der Waals surface area contributed by atoms with Gasteiger partial charge in [0.1, 0.15) is 0 Å². The van der Waals surface area contributed by atoms with Crippen LogP contribution in [0.1, 0.15) is 57.2 Å². The summed E-state index contributed by atoms with van der Waals surface area (Å²) in [6.07, 6.45) is 5.29. The number of nitrogens with zero attached hydrogens (tertiary/aromatic N) is 1. The van der Waals surface area contributed by atoms with Crippen molar-refractivity contribution in [2.45, 2.75) is 52.5 Å². The second-order valence-corrected chi connectivity index (χ2v) is 6.40. The van der Waals surface area contributed by atoms with Gasteiger partial charge in [-0.15, -0.1) is 0 Å². The fourth-order valence-electron chi connectivity index (χ4n) is 3.00. The van der Waals surface area contributed by atoms with Crippen molar-refractivity contribution in [3.8, 4) is 0 Å². The maximum atomic E-state index is 3.67. The van der Waals surface area contributed by atoms with Crippen molar-refractivity contribution in [2.24, 2.45) is 5.92 Å². The zero-order valence-electron chi connectivity index (χ0n) is 14.1. The van der Waals surface area contributed by atoms with Crippen LogP contribution < -0.4 is 5.32 Å². The SMILES string of the molecule is CCCc1ccc(C(CN(CC)CC2CC2)NCC)cc1. The summed E-state index contributed by atoms with van der Waals surface area (Å²) < 4.78 is 0. The highest BCUT2D eigenvalue weighted by molar-refractivity contribution is 5.25. The fourth-order valence-corrected chi connectivity index (χ4v) is 3.00. The first-order valence-electron chi connectivity index (χ1n) is 8.81. The van der Waals surface area contributed by atoms with Crippen molar-refractivity contribution in [1.82, 2.24) is 10.2 Å². The van der Waals surface area contributed by atoms with Crippen molar-refractivity contribution >= 4 is 0 Å². The van der Waals surface area contributed by atoms with E-state index in [0.717, 1.165) is 25.6 Å². The number of rotatable bonds is 10. The van der Waals surface area contributed by atoms with E-state index in [-0.39, 0.29) is 0 Å². The van der Waals surface area contributed by atoms with Gasteiger partial charge in [-0.05, 0) is 49.4 Å². The van der Waals surface area contributed by atoms with E-state index in [1.165, 1.54) is 43.4 Å². The van der Waals surface area contributed by atoms with Gasteiger partial charge >= 0.3 is 0 Å². The number of likely N-dealkylation sites (N-methyl/N-ethyl adjacent to an activating group) is 2. The number of aryl methyl sites for hydroxylation is 1. The molecule has 0 aliphatic heterocycles. The molecule has 1 aliphatic rings. The van der Waals surface area contributed by atoms with Gasteiger partial charge in [-0.2, -0.15) is 0 Å². The molecular weight excluding hydrogens is 256 g/mol. The fraction of sp³-hybridized carbons (Fsp3) is 0.684. The van der Waals surface area contributed by atoms with Gasteiger partial charge in [0.2, 0.25) is 0 Å². The number of hydrogen-bond acceptors (Lipinski definition) is 2. The number of hydrogen-bond donors (Lipinski definition) is 1. The van der Waals surface area contributed by atoms with E-state index in [1.807, 2.05) is 0 Å². The van der Waals surface area contributed by atoms with Gasteiger partial charge in [0.25, 0.3) is 0 Å². The molecule has 0 spiro atoms. The third kappa shape index (κ3) is 5.44. The minimum atomic E-state index is 0.462. The van der Waals surface area contributed by atoms with Gasteiger partial charge in [-0.25, -0.2) is 0 Å². The van der Waals surface area contributed by atoms with Crippen LogP contribution in [0.25, 0.3) is 0 Å². The van der Waals surface area contributed by atoms with Crippen LogP contribution >= 0.6 is 0 Å². The average Bonchev–Trinajstić information content (AvgIpc) is 3.31. The monoisotopic (exact) mass is 288 g/mol. The smallest absolute Gasteiger partial charge is 0.0449 e. The Balaban J connectivity index is 1.98. The van der Waals surface area contributed by atoms with Crippen molar-refractivity contribution in [2.75, 3.05) is 26.2 Å². The Labute approximate surface area is 130 Å². The molecule has 118 valence electrons. The van der Waals surface area contributed by atoms with Crippen LogP contribution in [0.2, 0.25) is 0 Å². The van der Waals surface area contributed by atoms with Crippen LogP contribution in [0, 0.1) is 5.92 Å². The maximum Gasteiger partial charge on any atom is 0.0449 e. The van der Waals surface area contributed by atoms with E-state index < -0.39 is 0 Å². The molecule has 1 unspecified atom stereocenters. The number of benzene rings is 1. The van der Waals surface area contributed by atoms with Crippen LogP contribution in [0.3, 0.4) is 0 Å². The molecule has 2 nitrogen and oxygen atoms in total. The van der Waals surface area contributed by atoms with Gasteiger partial charge < -0.3 is 10.2 Å². The summed E-state index contributed by atoms with van der Waals surface area (Å²) >= 11 is 0. The topological polar surface area (TPSA) is 15.3 Å². The van der Waals surface area contributed by atoms with E-state index in [9.17, 15) is 0 Å². The summed E-state index contributed by atoms with van der Waals surface area (Å²) in [6, 6.07) is 9.72. The van der Waals surface area contributed by atoms with Crippen LogP contribution in [0.5, 0.6) is 0 Å². The lowest BCUT2D eigenvalue weighted by molar-refractivity contribution is 0.245. The van der Waals surface area contributed by atoms with Gasteiger partial charge in [-0.1, -0.05) is 51.5 Å². The van der Waals surface area contributed by atoms with Crippen molar-refractivity contribution in [1.29, 1.82) is 0 Å². The van der Waals surface area contributed by atoms with Crippen LogP contribution in [-0.4, -0.2) is 31.1 Å². The molecule has 0 heterocycles. The highest BCUT2D eigenvalue weighted by Gasteiger charge is 2.25. The Morgan fingerprint density at radius 3 is 2.38 bits per heavy atom. The van der Waals surface area contributed by atoms with E-state index in [2.05, 4.69) is 55.3 Å². The Bertz CT molecular complexity index is 395. The molecule has 0 aromatic heterocycles.